The van der Waals surface area contributed by atoms with E-state index in [9.17, 15) is 9.59 Å². The summed E-state index contributed by atoms with van der Waals surface area (Å²) in [5.41, 5.74) is 2.27. The molecule has 2 rings (SSSR count). The summed E-state index contributed by atoms with van der Waals surface area (Å²) in [4.78, 5) is 21.9. The van der Waals surface area contributed by atoms with Crippen molar-refractivity contribution in [3.8, 4) is 0 Å². The van der Waals surface area contributed by atoms with E-state index in [2.05, 4.69) is 0 Å². The lowest BCUT2D eigenvalue weighted by molar-refractivity contribution is -0.146. The molecule has 0 saturated heterocycles. The summed E-state index contributed by atoms with van der Waals surface area (Å²) in [6.07, 6.45) is 3.45. The Hall–Kier alpha value is -2.88. The van der Waals surface area contributed by atoms with Crippen molar-refractivity contribution in [1.29, 1.82) is 0 Å². The summed E-state index contributed by atoms with van der Waals surface area (Å²) in [7, 11) is 0. The predicted octanol–water partition coefficient (Wildman–Crippen LogP) is 3.94. The van der Waals surface area contributed by atoms with Crippen LogP contribution in [0, 0.1) is 5.92 Å². The molecule has 4 heteroatoms. The minimum absolute atomic E-state index is 0.0999. The first-order valence-corrected chi connectivity index (χ1v) is 7.79. The molecule has 0 aliphatic rings. The highest BCUT2D eigenvalue weighted by atomic mass is 16.4. The van der Waals surface area contributed by atoms with Crippen molar-refractivity contribution in [3.05, 3.63) is 83.9 Å². The van der Waals surface area contributed by atoms with Crippen molar-refractivity contribution in [2.45, 2.75) is 18.8 Å². The van der Waals surface area contributed by atoms with Crippen molar-refractivity contribution < 1.29 is 19.8 Å². The molecular weight excluding hydrogens is 304 g/mol. The molecule has 124 valence electrons. The van der Waals surface area contributed by atoms with Crippen LogP contribution in [0.15, 0.2) is 72.8 Å². The highest BCUT2D eigenvalue weighted by Crippen LogP contribution is 2.28. The molecule has 0 saturated carbocycles. The number of carboxylic acids is 2. The van der Waals surface area contributed by atoms with Crippen LogP contribution in [0.5, 0.6) is 0 Å². The molecule has 0 heterocycles. The van der Waals surface area contributed by atoms with Gasteiger partial charge >= 0.3 is 11.9 Å². The first-order valence-electron chi connectivity index (χ1n) is 7.79. The fraction of sp³-hybridized carbons (Fsp3) is 0.200. The van der Waals surface area contributed by atoms with Crippen molar-refractivity contribution in [3.63, 3.8) is 0 Å². The number of allylic oxidation sites excluding steroid dienone is 1. The zero-order valence-corrected chi connectivity index (χ0v) is 13.2. The maximum Gasteiger partial charge on any atom is 0.310 e. The van der Waals surface area contributed by atoms with Gasteiger partial charge in [-0.3, -0.25) is 9.59 Å². The SMILES string of the molecule is O=C(O)CC(C=CCC(c1ccccc1)c1ccccc1)C(=O)O. The third-order valence-corrected chi connectivity index (χ3v) is 3.86. The Morgan fingerprint density at radius 2 is 1.38 bits per heavy atom. The van der Waals surface area contributed by atoms with Gasteiger partial charge in [0, 0.05) is 5.92 Å². The van der Waals surface area contributed by atoms with Crippen LogP contribution in [0.4, 0.5) is 0 Å². The number of carbonyl (C=O) groups is 2. The molecule has 4 nitrogen and oxygen atoms in total. The molecule has 1 unspecified atom stereocenters. The van der Waals surface area contributed by atoms with Crippen molar-refractivity contribution in [2.75, 3.05) is 0 Å². The zero-order chi connectivity index (χ0) is 17.4. The summed E-state index contributed by atoms with van der Waals surface area (Å²) in [6.45, 7) is 0. The molecule has 24 heavy (non-hydrogen) atoms. The highest BCUT2D eigenvalue weighted by Gasteiger charge is 2.18. The van der Waals surface area contributed by atoms with Gasteiger partial charge in [0.1, 0.15) is 0 Å². The number of rotatable bonds is 8. The second-order valence-corrected chi connectivity index (χ2v) is 5.58. The molecule has 0 spiro atoms. The van der Waals surface area contributed by atoms with Crippen LogP contribution >= 0.6 is 0 Å². The van der Waals surface area contributed by atoms with Gasteiger partial charge in [0.15, 0.2) is 0 Å². The Morgan fingerprint density at radius 3 is 1.79 bits per heavy atom. The van der Waals surface area contributed by atoms with E-state index in [0.29, 0.717) is 6.42 Å². The Bertz CT molecular complexity index is 653. The summed E-state index contributed by atoms with van der Waals surface area (Å²) < 4.78 is 0. The van der Waals surface area contributed by atoms with Crippen LogP contribution in [-0.2, 0) is 9.59 Å². The van der Waals surface area contributed by atoms with Gasteiger partial charge in [-0.15, -0.1) is 0 Å². The smallest absolute Gasteiger partial charge is 0.310 e. The molecule has 0 amide bonds. The van der Waals surface area contributed by atoms with Crippen LogP contribution in [0.3, 0.4) is 0 Å². The molecule has 2 aromatic carbocycles. The lowest BCUT2D eigenvalue weighted by Crippen LogP contribution is -2.15. The van der Waals surface area contributed by atoms with Gasteiger partial charge in [-0.05, 0) is 17.5 Å². The molecule has 2 aromatic rings. The predicted molar refractivity (Wildman–Crippen MR) is 91.9 cm³/mol. The average molecular weight is 324 g/mol. The molecule has 2 N–H and O–H groups in total. The summed E-state index contributed by atoms with van der Waals surface area (Å²) in [5.74, 6) is -3.14. The van der Waals surface area contributed by atoms with Crippen LogP contribution < -0.4 is 0 Å². The summed E-state index contributed by atoms with van der Waals surface area (Å²) in [5, 5.41) is 17.9. The lowest BCUT2D eigenvalue weighted by atomic mass is 9.88. The van der Waals surface area contributed by atoms with Gasteiger partial charge in [-0.25, -0.2) is 0 Å². The van der Waals surface area contributed by atoms with Gasteiger partial charge < -0.3 is 10.2 Å². The Balaban J connectivity index is 2.18. The van der Waals surface area contributed by atoms with Gasteiger partial charge in [0.2, 0.25) is 0 Å². The number of aliphatic carboxylic acids is 2. The molecule has 1 atom stereocenters. The third kappa shape index (κ3) is 5.09. The second kappa shape index (κ2) is 8.67. The van der Waals surface area contributed by atoms with Crippen LogP contribution in [0.25, 0.3) is 0 Å². The minimum atomic E-state index is -1.12. The van der Waals surface area contributed by atoms with Crippen molar-refractivity contribution >= 4 is 11.9 Å². The Morgan fingerprint density at radius 1 is 0.875 bits per heavy atom. The largest absolute Gasteiger partial charge is 0.481 e. The number of hydrogen-bond acceptors (Lipinski definition) is 2. The van der Waals surface area contributed by atoms with Crippen LogP contribution in [0.2, 0.25) is 0 Å². The Kier molecular flexibility index (Phi) is 6.32. The number of hydrogen-bond donors (Lipinski definition) is 2. The monoisotopic (exact) mass is 324 g/mol. The van der Waals surface area contributed by atoms with E-state index in [-0.39, 0.29) is 5.92 Å². The standard InChI is InChI=1S/C20H20O4/c21-19(22)14-17(20(23)24)12-7-13-18(15-8-3-1-4-9-15)16-10-5-2-6-11-16/h1-12,17-18H,13-14H2,(H,21,22)(H,23,24). The van der Waals surface area contributed by atoms with E-state index in [1.165, 1.54) is 6.08 Å². The van der Waals surface area contributed by atoms with Gasteiger partial charge in [-0.2, -0.15) is 0 Å². The fourth-order valence-corrected chi connectivity index (χ4v) is 2.64. The summed E-state index contributed by atoms with van der Waals surface area (Å²) in [6, 6.07) is 19.9. The Labute approximate surface area is 141 Å². The summed E-state index contributed by atoms with van der Waals surface area (Å²) >= 11 is 0. The zero-order valence-electron chi connectivity index (χ0n) is 13.2. The van der Waals surface area contributed by atoms with E-state index in [1.807, 2.05) is 60.7 Å². The molecule has 0 aromatic heterocycles. The van der Waals surface area contributed by atoms with E-state index in [0.717, 1.165) is 11.1 Å². The molecular formula is C20H20O4. The van der Waals surface area contributed by atoms with Crippen molar-refractivity contribution in [1.82, 2.24) is 0 Å². The second-order valence-electron chi connectivity index (χ2n) is 5.58. The first kappa shape index (κ1) is 17.5. The minimum Gasteiger partial charge on any atom is -0.481 e. The third-order valence-electron chi connectivity index (χ3n) is 3.86. The van der Waals surface area contributed by atoms with Gasteiger partial charge in [0.05, 0.1) is 12.3 Å². The lowest BCUT2D eigenvalue weighted by Gasteiger charge is -2.16. The average Bonchev–Trinajstić information content (AvgIpc) is 2.58. The normalized spacial score (nSPS) is 12.4. The maximum atomic E-state index is 11.1. The molecule has 0 bridgehead atoms. The quantitative estimate of drug-likeness (QED) is 0.721. The van der Waals surface area contributed by atoms with Gasteiger partial charge in [0.25, 0.3) is 0 Å². The van der Waals surface area contributed by atoms with E-state index < -0.39 is 24.3 Å². The van der Waals surface area contributed by atoms with E-state index >= 15 is 0 Å². The maximum absolute atomic E-state index is 11.1. The van der Waals surface area contributed by atoms with Gasteiger partial charge in [-0.1, -0.05) is 72.8 Å². The first-order chi connectivity index (χ1) is 11.6. The molecule has 0 aliphatic carbocycles. The van der Waals surface area contributed by atoms with E-state index in [1.54, 1.807) is 6.08 Å². The highest BCUT2D eigenvalue weighted by molar-refractivity contribution is 5.79. The van der Waals surface area contributed by atoms with Crippen molar-refractivity contribution in [2.24, 2.45) is 5.92 Å². The molecule has 0 aliphatic heterocycles. The number of carboxylic acid groups (broad SMARTS) is 2. The van der Waals surface area contributed by atoms with Crippen LogP contribution in [0.1, 0.15) is 29.9 Å². The topological polar surface area (TPSA) is 74.6 Å². The van der Waals surface area contributed by atoms with E-state index in [4.69, 9.17) is 10.2 Å². The molecule has 0 fully saturated rings. The molecule has 0 radical (unpaired) electrons. The van der Waals surface area contributed by atoms with Crippen LogP contribution in [-0.4, -0.2) is 22.2 Å². The fourth-order valence-electron chi connectivity index (χ4n) is 2.64. The number of benzene rings is 2.